The Bertz CT molecular complexity index is 1120. The Labute approximate surface area is 160 Å². The topological polar surface area (TPSA) is 96.7 Å². The molecule has 0 spiro atoms. The number of aromatic nitrogens is 6. The van der Waals surface area contributed by atoms with E-state index in [1.807, 2.05) is 35.1 Å². The average Bonchev–Trinajstić information content (AvgIpc) is 3.29. The fraction of sp³-hybridized carbons (Fsp3) is 0.167. The molecule has 0 aliphatic carbocycles. The summed E-state index contributed by atoms with van der Waals surface area (Å²) in [5.74, 6) is 0.381. The van der Waals surface area contributed by atoms with E-state index < -0.39 is 0 Å². The molecule has 1 aromatic carbocycles. The molecule has 0 unspecified atom stereocenters. The first-order chi connectivity index (χ1) is 13.1. The number of benzene rings is 1. The standard InChI is InChI=1S/C18H15ClN8/c1-12(8-20)23-18-24-17-16(21-6-7-27(17)25-18)14-9-22-26(11-14)10-13-2-4-15(19)5-3-13/h2-7,9,11-12H,10H2,1H3,(H,23,25)/t12-/m0/s1. The summed E-state index contributed by atoms with van der Waals surface area (Å²) in [7, 11) is 0. The first-order valence-corrected chi connectivity index (χ1v) is 8.65. The van der Waals surface area contributed by atoms with Crippen molar-refractivity contribution in [1.29, 1.82) is 5.26 Å². The average molecular weight is 379 g/mol. The van der Waals surface area contributed by atoms with Crippen molar-refractivity contribution in [2.75, 3.05) is 5.32 Å². The van der Waals surface area contributed by atoms with Gasteiger partial charge in [0.25, 0.3) is 0 Å². The molecule has 1 N–H and O–H groups in total. The number of nitrogens with zero attached hydrogens (tertiary/aromatic N) is 7. The molecular formula is C18H15ClN8. The van der Waals surface area contributed by atoms with Gasteiger partial charge in [0.15, 0.2) is 5.65 Å². The Morgan fingerprint density at radius 2 is 2.11 bits per heavy atom. The molecule has 8 nitrogen and oxygen atoms in total. The summed E-state index contributed by atoms with van der Waals surface area (Å²) in [6.07, 6.45) is 7.03. The maximum absolute atomic E-state index is 8.94. The molecule has 0 saturated heterocycles. The van der Waals surface area contributed by atoms with E-state index in [1.54, 1.807) is 30.0 Å². The van der Waals surface area contributed by atoms with Gasteiger partial charge in [0.1, 0.15) is 11.7 Å². The fourth-order valence-corrected chi connectivity index (χ4v) is 2.78. The normalized spacial score (nSPS) is 12.0. The molecule has 1 atom stereocenters. The lowest BCUT2D eigenvalue weighted by molar-refractivity contribution is 0.687. The molecule has 27 heavy (non-hydrogen) atoms. The third kappa shape index (κ3) is 3.59. The van der Waals surface area contributed by atoms with Gasteiger partial charge in [-0.25, -0.2) is 4.52 Å². The van der Waals surface area contributed by atoms with Crippen molar-refractivity contribution in [3.05, 3.63) is 59.6 Å². The van der Waals surface area contributed by atoms with Crippen LogP contribution in [-0.4, -0.2) is 35.4 Å². The highest BCUT2D eigenvalue weighted by Crippen LogP contribution is 2.22. The van der Waals surface area contributed by atoms with Crippen LogP contribution in [0, 0.1) is 11.3 Å². The van der Waals surface area contributed by atoms with Crippen LogP contribution in [0.25, 0.3) is 16.9 Å². The number of fused-ring (bicyclic) bond motifs is 1. The number of hydrogen-bond donors (Lipinski definition) is 1. The Kier molecular flexibility index (Phi) is 4.44. The summed E-state index contributed by atoms with van der Waals surface area (Å²) < 4.78 is 3.46. The molecule has 0 bridgehead atoms. The number of anilines is 1. The molecule has 3 aromatic heterocycles. The maximum Gasteiger partial charge on any atom is 0.244 e. The molecule has 4 rings (SSSR count). The van der Waals surface area contributed by atoms with Gasteiger partial charge < -0.3 is 5.32 Å². The third-order valence-corrected chi connectivity index (χ3v) is 4.21. The third-order valence-electron chi connectivity index (χ3n) is 3.96. The van der Waals surface area contributed by atoms with Gasteiger partial charge in [-0.15, -0.1) is 5.10 Å². The Hall–Kier alpha value is -3.44. The molecule has 0 aliphatic rings. The summed E-state index contributed by atoms with van der Waals surface area (Å²) in [4.78, 5) is 8.89. The van der Waals surface area contributed by atoms with E-state index in [-0.39, 0.29) is 6.04 Å². The summed E-state index contributed by atoms with van der Waals surface area (Å²) in [5.41, 5.74) is 3.20. The minimum atomic E-state index is -0.388. The second-order valence-corrected chi connectivity index (χ2v) is 6.46. The molecule has 0 aliphatic heterocycles. The molecule has 4 aromatic rings. The van der Waals surface area contributed by atoms with E-state index >= 15 is 0 Å². The SMILES string of the molecule is C[C@@H](C#N)Nc1nc2c(-c3cnn(Cc4ccc(Cl)cc4)c3)nccn2n1. The Balaban J connectivity index is 1.63. The van der Waals surface area contributed by atoms with Crippen LogP contribution in [0.3, 0.4) is 0 Å². The Morgan fingerprint density at radius 3 is 2.89 bits per heavy atom. The summed E-state index contributed by atoms with van der Waals surface area (Å²) in [5, 5.41) is 21.3. The highest BCUT2D eigenvalue weighted by atomic mass is 35.5. The number of nitrogens with one attached hydrogen (secondary N) is 1. The molecular weight excluding hydrogens is 364 g/mol. The van der Waals surface area contributed by atoms with Crippen molar-refractivity contribution in [2.45, 2.75) is 19.5 Å². The van der Waals surface area contributed by atoms with Crippen LogP contribution >= 0.6 is 11.6 Å². The van der Waals surface area contributed by atoms with Crippen LogP contribution in [0.4, 0.5) is 5.95 Å². The molecule has 0 saturated carbocycles. The van der Waals surface area contributed by atoms with Crippen LogP contribution in [-0.2, 0) is 6.54 Å². The second kappa shape index (κ2) is 7.05. The number of nitriles is 1. The zero-order valence-electron chi connectivity index (χ0n) is 14.4. The quantitative estimate of drug-likeness (QED) is 0.573. The van der Waals surface area contributed by atoms with Crippen molar-refractivity contribution >= 4 is 23.2 Å². The predicted octanol–water partition coefficient (Wildman–Crippen LogP) is 3.01. The van der Waals surface area contributed by atoms with E-state index in [2.05, 4.69) is 31.6 Å². The second-order valence-electron chi connectivity index (χ2n) is 6.03. The molecule has 9 heteroatoms. The van der Waals surface area contributed by atoms with Gasteiger partial charge in [-0.05, 0) is 24.6 Å². The molecule has 0 radical (unpaired) electrons. The van der Waals surface area contributed by atoms with Gasteiger partial charge in [0, 0.05) is 29.2 Å². The highest BCUT2D eigenvalue weighted by molar-refractivity contribution is 6.30. The zero-order valence-corrected chi connectivity index (χ0v) is 15.2. The first-order valence-electron chi connectivity index (χ1n) is 8.27. The fourth-order valence-electron chi connectivity index (χ4n) is 2.66. The van der Waals surface area contributed by atoms with E-state index in [0.717, 1.165) is 11.1 Å². The number of halogens is 1. The molecule has 0 amide bonds. The van der Waals surface area contributed by atoms with E-state index in [4.69, 9.17) is 16.9 Å². The number of rotatable bonds is 5. The van der Waals surface area contributed by atoms with Gasteiger partial charge in [-0.1, -0.05) is 23.7 Å². The van der Waals surface area contributed by atoms with Crippen molar-refractivity contribution in [2.24, 2.45) is 0 Å². The van der Waals surface area contributed by atoms with Crippen LogP contribution in [0.1, 0.15) is 12.5 Å². The van der Waals surface area contributed by atoms with Crippen LogP contribution in [0.5, 0.6) is 0 Å². The van der Waals surface area contributed by atoms with Gasteiger partial charge in [-0.3, -0.25) is 9.67 Å². The minimum Gasteiger partial charge on any atom is -0.337 e. The van der Waals surface area contributed by atoms with E-state index in [0.29, 0.717) is 28.9 Å². The van der Waals surface area contributed by atoms with Gasteiger partial charge in [0.05, 0.1) is 18.8 Å². The highest BCUT2D eigenvalue weighted by Gasteiger charge is 2.14. The Morgan fingerprint density at radius 1 is 1.30 bits per heavy atom. The largest absolute Gasteiger partial charge is 0.337 e. The summed E-state index contributed by atoms with van der Waals surface area (Å²) >= 11 is 5.93. The predicted molar refractivity (Wildman–Crippen MR) is 101 cm³/mol. The number of hydrogen-bond acceptors (Lipinski definition) is 6. The minimum absolute atomic E-state index is 0.381. The lowest BCUT2D eigenvalue weighted by Gasteiger charge is -2.02. The smallest absolute Gasteiger partial charge is 0.244 e. The maximum atomic E-state index is 8.94. The lowest BCUT2D eigenvalue weighted by atomic mass is 10.2. The zero-order chi connectivity index (χ0) is 18.8. The molecule has 0 fully saturated rings. The molecule has 134 valence electrons. The van der Waals surface area contributed by atoms with Crippen molar-refractivity contribution in [3.63, 3.8) is 0 Å². The summed E-state index contributed by atoms with van der Waals surface area (Å²) in [6.45, 7) is 2.37. The lowest BCUT2D eigenvalue weighted by Crippen LogP contribution is -2.13. The van der Waals surface area contributed by atoms with Crippen molar-refractivity contribution in [3.8, 4) is 17.3 Å². The van der Waals surface area contributed by atoms with Gasteiger partial charge >= 0.3 is 0 Å². The van der Waals surface area contributed by atoms with Crippen LogP contribution in [0.15, 0.2) is 49.1 Å². The van der Waals surface area contributed by atoms with Crippen LogP contribution < -0.4 is 5.32 Å². The summed E-state index contributed by atoms with van der Waals surface area (Å²) in [6, 6.07) is 9.36. The van der Waals surface area contributed by atoms with Gasteiger partial charge in [0.2, 0.25) is 5.95 Å². The van der Waals surface area contributed by atoms with Crippen LogP contribution in [0.2, 0.25) is 5.02 Å². The first kappa shape index (κ1) is 17.0. The molecule has 3 heterocycles. The monoisotopic (exact) mass is 378 g/mol. The van der Waals surface area contributed by atoms with Gasteiger partial charge in [-0.2, -0.15) is 15.3 Å². The van der Waals surface area contributed by atoms with Crippen molar-refractivity contribution < 1.29 is 0 Å². The van der Waals surface area contributed by atoms with E-state index in [1.165, 1.54) is 0 Å². The van der Waals surface area contributed by atoms with E-state index in [9.17, 15) is 0 Å². The van der Waals surface area contributed by atoms with Crippen molar-refractivity contribution in [1.82, 2.24) is 29.4 Å².